The number of primary amides is 1. The Morgan fingerprint density at radius 3 is 2.62 bits per heavy atom. The SMILES string of the molecule is CC(NC(=O)C1CC12CCNCC2)(C(N)=O)c1cccc(Cl)c1.Cl. The van der Waals surface area contributed by atoms with Crippen molar-refractivity contribution < 1.29 is 9.59 Å². The molecule has 7 heteroatoms. The number of carbonyl (C=O) groups is 2. The zero-order valence-electron chi connectivity index (χ0n) is 13.6. The Morgan fingerprint density at radius 1 is 1.38 bits per heavy atom. The first-order valence-corrected chi connectivity index (χ1v) is 8.34. The van der Waals surface area contributed by atoms with Crippen LogP contribution in [0.15, 0.2) is 24.3 Å². The third-order valence-corrected chi connectivity index (χ3v) is 5.61. The van der Waals surface area contributed by atoms with Crippen molar-refractivity contribution in [2.75, 3.05) is 13.1 Å². The lowest BCUT2D eigenvalue weighted by atomic mass is 9.89. The fraction of sp³-hybridized carbons (Fsp3) is 0.529. The second-order valence-electron chi connectivity index (χ2n) is 6.86. The number of carbonyl (C=O) groups excluding carboxylic acids is 2. The van der Waals surface area contributed by atoms with Crippen LogP contribution in [0.4, 0.5) is 0 Å². The average molecular weight is 372 g/mol. The molecule has 0 bridgehead atoms. The minimum absolute atomic E-state index is 0. The quantitative estimate of drug-likeness (QED) is 0.756. The van der Waals surface area contributed by atoms with Gasteiger partial charge < -0.3 is 16.4 Å². The smallest absolute Gasteiger partial charge is 0.247 e. The maximum Gasteiger partial charge on any atom is 0.247 e. The molecule has 132 valence electrons. The van der Waals surface area contributed by atoms with Crippen molar-refractivity contribution in [3.05, 3.63) is 34.9 Å². The van der Waals surface area contributed by atoms with Gasteiger partial charge in [-0.3, -0.25) is 9.59 Å². The summed E-state index contributed by atoms with van der Waals surface area (Å²) in [5, 5.41) is 6.70. The van der Waals surface area contributed by atoms with Crippen LogP contribution < -0.4 is 16.4 Å². The Labute approximate surface area is 153 Å². The van der Waals surface area contributed by atoms with E-state index in [-0.39, 0.29) is 29.6 Å². The summed E-state index contributed by atoms with van der Waals surface area (Å²) in [6.45, 7) is 3.53. The van der Waals surface area contributed by atoms with Gasteiger partial charge in [-0.05, 0) is 62.4 Å². The maximum atomic E-state index is 12.7. The molecule has 5 nitrogen and oxygen atoms in total. The molecule has 4 N–H and O–H groups in total. The Bertz CT molecular complexity index is 646. The Hall–Kier alpha value is -1.30. The van der Waals surface area contributed by atoms with Crippen LogP contribution >= 0.6 is 24.0 Å². The summed E-state index contributed by atoms with van der Waals surface area (Å²) in [6.07, 6.45) is 2.91. The molecular formula is C17H23Cl2N3O2. The van der Waals surface area contributed by atoms with E-state index in [1.807, 2.05) is 0 Å². The van der Waals surface area contributed by atoms with Crippen molar-refractivity contribution in [1.82, 2.24) is 10.6 Å². The van der Waals surface area contributed by atoms with Crippen molar-refractivity contribution in [3.8, 4) is 0 Å². The zero-order chi connectivity index (χ0) is 16.7. The molecule has 1 saturated heterocycles. The van der Waals surface area contributed by atoms with Crippen molar-refractivity contribution in [3.63, 3.8) is 0 Å². The lowest BCUT2D eigenvalue weighted by Crippen LogP contribution is -2.53. The molecule has 3 rings (SSSR count). The van der Waals surface area contributed by atoms with Gasteiger partial charge >= 0.3 is 0 Å². The van der Waals surface area contributed by atoms with Crippen LogP contribution in [0.1, 0.15) is 31.7 Å². The van der Waals surface area contributed by atoms with Gasteiger partial charge in [-0.25, -0.2) is 0 Å². The first kappa shape index (κ1) is 19.0. The number of benzene rings is 1. The number of halogens is 2. The van der Waals surface area contributed by atoms with E-state index in [0.29, 0.717) is 10.6 Å². The third-order valence-electron chi connectivity index (χ3n) is 5.37. The first-order chi connectivity index (χ1) is 10.9. The Balaban J connectivity index is 0.00000208. The molecule has 1 aromatic rings. The number of hydrogen-bond acceptors (Lipinski definition) is 3. The van der Waals surface area contributed by atoms with E-state index in [1.54, 1.807) is 31.2 Å². The van der Waals surface area contributed by atoms with Crippen LogP contribution in [0, 0.1) is 11.3 Å². The van der Waals surface area contributed by atoms with E-state index in [9.17, 15) is 9.59 Å². The van der Waals surface area contributed by atoms with Crippen LogP contribution in [0.3, 0.4) is 0 Å². The highest BCUT2D eigenvalue weighted by molar-refractivity contribution is 6.30. The van der Waals surface area contributed by atoms with E-state index in [4.69, 9.17) is 17.3 Å². The molecule has 1 aliphatic heterocycles. The highest BCUT2D eigenvalue weighted by Gasteiger charge is 2.58. The molecule has 1 spiro atoms. The fourth-order valence-corrected chi connectivity index (χ4v) is 3.79. The number of amides is 2. The molecule has 0 radical (unpaired) electrons. The van der Waals surface area contributed by atoms with Crippen LogP contribution in [-0.2, 0) is 15.1 Å². The predicted molar refractivity (Wildman–Crippen MR) is 96.0 cm³/mol. The minimum atomic E-state index is -1.25. The topological polar surface area (TPSA) is 84.2 Å². The molecule has 2 amide bonds. The molecule has 2 fully saturated rings. The van der Waals surface area contributed by atoms with E-state index in [2.05, 4.69) is 10.6 Å². The number of rotatable bonds is 4. The molecule has 2 unspecified atom stereocenters. The molecule has 1 aromatic carbocycles. The summed E-state index contributed by atoms with van der Waals surface area (Å²) in [5.74, 6) is -0.705. The molecule has 24 heavy (non-hydrogen) atoms. The molecule has 0 aromatic heterocycles. The number of hydrogen-bond donors (Lipinski definition) is 3. The highest BCUT2D eigenvalue weighted by Crippen LogP contribution is 2.58. The van der Waals surface area contributed by atoms with Crippen LogP contribution in [0.5, 0.6) is 0 Å². The summed E-state index contributed by atoms with van der Waals surface area (Å²) in [4.78, 5) is 24.7. The fourth-order valence-electron chi connectivity index (χ4n) is 3.60. The van der Waals surface area contributed by atoms with Crippen molar-refractivity contribution >= 4 is 35.8 Å². The lowest BCUT2D eigenvalue weighted by molar-refractivity contribution is -0.132. The van der Waals surface area contributed by atoms with Crippen LogP contribution in [-0.4, -0.2) is 24.9 Å². The van der Waals surface area contributed by atoms with Gasteiger partial charge in [0.25, 0.3) is 0 Å². The van der Waals surface area contributed by atoms with Gasteiger partial charge in [-0.15, -0.1) is 12.4 Å². The minimum Gasteiger partial charge on any atom is -0.367 e. The first-order valence-electron chi connectivity index (χ1n) is 7.96. The molecule has 2 atom stereocenters. The van der Waals surface area contributed by atoms with Crippen LogP contribution in [0.2, 0.25) is 5.02 Å². The predicted octanol–water partition coefficient (Wildman–Crippen LogP) is 1.97. The number of piperidine rings is 1. The Kier molecular flexibility index (Phi) is 5.47. The largest absolute Gasteiger partial charge is 0.367 e. The monoisotopic (exact) mass is 371 g/mol. The van der Waals surface area contributed by atoms with Gasteiger partial charge in [0.1, 0.15) is 5.54 Å². The average Bonchev–Trinajstić information content (AvgIpc) is 3.21. The molecule has 1 aliphatic carbocycles. The zero-order valence-corrected chi connectivity index (χ0v) is 15.2. The standard InChI is InChI=1S/C17H22ClN3O2.ClH/c1-16(15(19)23,11-3-2-4-12(18)9-11)21-14(22)13-10-17(13)5-7-20-8-6-17;/h2-4,9,13,20H,5-8,10H2,1H3,(H2,19,23)(H,21,22);1H. The van der Waals surface area contributed by atoms with Crippen molar-refractivity contribution in [2.24, 2.45) is 17.1 Å². The van der Waals surface area contributed by atoms with Gasteiger partial charge in [0, 0.05) is 10.9 Å². The van der Waals surface area contributed by atoms with Gasteiger partial charge in [0.05, 0.1) is 0 Å². The van der Waals surface area contributed by atoms with E-state index < -0.39 is 11.4 Å². The summed E-state index contributed by atoms with van der Waals surface area (Å²) < 4.78 is 0. The van der Waals surface area contributed by atoms with Gasteiger partial charge in [0.15, 0.2) is 0 Å². The van der Waals surface area contributed by atoms with E-state index in [0.717, 1.165) is 32.4 Å². The molecule has 1 saturated carbocycles. The van der Waals surface area contributed by atoms with Gasteiger partial charge in [-0.2, -0.15) is 0 Å². The highest BCUT2D eigenvalue weighted by atomic mass is 35.5. The summed E-state index contributed by atoms with van der Waals surface area (Å²) >= 11 is 6.01. The lowest BCUT2D eigenvalue weighted by Gasteiger charge is -2.29. The van der Waals surface area contributed by atoms with Crippen molar-refractivity contribution in [2.45, 2.75) is 31.7 Å². The van der Waals surface area contributed by atoms with Crippen LogP contribution in [0.25, 0.3) is 0 Å². The van der Waals surface area contributed by atoms with Crippen molar-refractivity contribution in [1.29, 1.82) is 0 Å². The molecular weight excluding hydrogens is 349 g/mol. The third kappa shape index (κ3) is 3.39. The second-order valence-corrected chi connectivity index (χ2v) is 7.29. The van der Waals surface area contributed by atoms with E-state index in [1.165, 1.54) is 0 Å². The number of nitrogens with one attached hydrogen (secondary N) is 2. The summed E-state index contributed by atoms with van der Waals surface area (Å²) in [5.41, 5.74) is 5.05. The number of nitrogens with two attached hydrogens (primary N) is 1. The van der Waals surface area contributed by atoms with Gasteiger partial charge in [-0.1, -0.05) is 23.7 Å². The summed E-state index contributed by atoms with van der Waals surface area (Å²) in [6, 6.07) is 6.89. The molecule has 1 heterocycles. The Morgan fingerprint density at radius 2 is 2.04 bits per heavy atom. The second kappa shape index (κ2) is 6.90. The summed E-state index contributed by atoms with van der Waals surface area (Å²) in [7, 11) is 0. The normalized spacial score (nSPS) is 23.7. The van der Waals surface area contributed by atoms with E-state index >= 15 is 0 Å². The maximum absolute atomic E-state index is 12.7. The molecule has 2 aliphatic rings. The van der Waals surface area contributed by atoms with Gasteiger partial charge in [0.2, 0.25) is 11.8 Å².